The SMILES string of the molecule is N#CC1CCC(NC2N=C(Cl)N=CC2C(=O)O)CC1. The predicted molar refractivity (Wildman–Crippen MR) is 71.2 cm³/mol. The van der Waals surface area contributed by atoms with Gasteiger partial charge in [-0.3, -0.25) is 10.1 Å². The number of nitrogens with zero attached hydrogens (tertiary/aromatic N) is 3. The number of nitrogens with one attached hydrogen (secondary N) is 1. The van der Waals surface area contributed by atoms with Gasteiger partial charge >= 0.3 is 5.97 Å². The second-order valence-electron chi connectivity index (χ2n) is 4.83. The van der Waals surface area contributed by atoms with E-state index in [1.807, 2.05) is 0 Å². The first-order valence-corrected chi connectivity index (χ1v) is 6.64. The Bertz CT molecular complexity index is 449. The minimum Gasteiger partial charge on any atom is -0.481 e. The summed E-state index contributed by atoms with van der Waals surface area (Å²) >= 11 is 5.72. The van der Waals surface area contributed by atoms with Crippen molar-refractivity contribution in [1.29, 1.82) is 5.26 Å². The summed E-state index contributed by atoms with van der Waals surface area (Å²) < 4.78 is 0. The topological polar surface area (TPSA) is 97.8 Å². The van der Waals surface area contributed by atoms with Crippen molar-refractivity contribution >= 4 is 29.1 Å². The van der Waals surface area contributed by atoms with Gasteiger partial charge in [0, 0.05) is 18.2 Å². The summed E-state index contributed by atoms with van der Waals surface area (Å²) in [4.78, 5) is 18.9. The molecule has 0 radical (unpaired) electrons. The summed E-state index contributed by atoms with van der Waals surface area (Å²) in [7, 11) is 0. The van der Waals surface area contributed by atoms with Gasteiger partial charge in [0.25, 0.3) is 0 Å². The van der Waals surface area contributed by atoms with E-state index >= 15 is 0 Å². The molecule has 19 heavy (non-hydrogen) atoms. The van der Waals surface area contributed by atoms with Crippen molar-refractivity contribution in [2.45, 2.75) is 37.9 Å². The van der Waals surface area contributed by atoms with E-state index in [4.69, 9.17) is 22.0 Å². The molecule has 0 saturated heterocycles. The third-order valence-corrected chi connectivity index (χ3v) is 3.72. The molecule has 1 heterocycles. The zero-order valence-electron chi connectivity index (χ0n) is 10.3. The van der Waals surface area contributed by atoms with Crippen LogP contribution < -0.4 is 5.32 Å². The molecule has 0 spiro atoms. The fraction of sp³-hybridized carbons (Fsp3) is 0.667. The molecule has 0 aromatic heterocycles. The van der Waals surface area contributed by atoms with Crippen LogP contribution in [-0.4, -0.2) is 34.8 Å². The van der Waals surface area contributed by atoms with E-state index in [-0.39, 0.29) is 17.3 Å². The number of amidine groups is 1. The van der Waals surface area contributed by atoms with Crippen LogP contribution in [0.3, 0.4) is 0 Å². The standard InChI is InChI=1S/C12H15ClN4O2/c13-12-15-6-9(11(18)19)10(17-12)16-8-3-1-7(5-14)2-4-8/h6-10,16H,1-4H2,(H,18,19). The van der Waals surface area contributed by atoms with E-state index in [9.17, 15) is 4.79 Å². The summed E-state index contributed by atoms with van der Waals surface area (Å²) in [6, 6.07) is 2.45. The molecule has 0 aromatic carbocycles. The van der Waals surface area contributed by atoms with Crippen LogP contribution in [-0.2, 0) is 4.79 Å². The van der Waals surface area contributed by atoms with Crippen LogP contribution in [0.4, 0.5) is 0 Å². The summed E-state index contributed by atoms with van der Waals surface area (Å²) in [6.45, 7) is 0. The van der Waals surface area contributed by atoms with E-state index in [1.165, 1.54) is 6.21 Å². The molecule has 2 atom stereocenters. The molecule has 2 rings (SSSR count). The number of carbonyl (C=O) groups is 1. The highest BCUT2D eigenvalue weighted by atomic mass is 35.5. The first-order chi connectivity index (χ1) is 9.10. The van der Waals surface area contributed by atoms with Crippen LogP contribution in [0.15, 0.2) is 9.98 Å². The lowest BCUT2D eigenvalue weighted by atomic mass is 9.86. The van der Waals surface area contributed by atoms with Gasteiger partial charge in [0.15, 0.2) is 0 Å². The minimum atomic E-state index is -0.972. The van der Waals surface area contributed by atoms with Crippen LogP contribution in [0.25, 0.3) is 0 Å². The van der Waals surface area contributed by atoms with E-state index in [1.54, 1.807) is 0 Å². The maximum atomic E-state index is 11.1. The number of aliphatic imine (C=N–C) groups is 2. The Hall–Kier alpha value is -1.45. The smallest absolute Gasteiger partial charge is 0.315 e. The Morgan fingerprint density at radius 1 is 1.47 bits per heavy atom. The molecule has 2 unspecified atom stereocenters. The summed E-state index contributed by atoms with van der Waals surface area (Å²) in [6.07, 6.45) is 4.12. The Labute approximate surface area is 116 Å². The normalized spacial score (nSPS) is 34.4. The number of carboxylic acid groups (broad SMARTS) is 1. The first kappa shape index (κ1) is 14.0. The van der Waals surface area contributed by atoms with Crippen molar-refractivity contribution in [3.63, 3.8) is 0 Å². The highest BCUT2D eigenvalue weighted by molar-refractivity contribution is 6.65. The van der Waals surface area contributed by atoms with Crippen molar-refractivity contribution in [2.24, 2.45) is 21.8 Å². The quantitative estimate of drug-likeness (QED) is 0.764. The van der Waals surface area contributed by atoms with Gasteiger partial charge in [0.2, 0.25) is 5.29 Å². The molecule has 6 nitrogen and oxygen atoms in total. The predicted octanol–water partition coefficient (Wildman–Crippen LogP) is 1.36. The van der Waals surface area contributed by atoms with Crippen molar-refractivity contribution < 1.29 is 9.90 Å². The molecule has 1 aliphatic carbocycles. The van der Waals surface area contributed by atoms with Crippen LogP contribution >= 0.6 is 11.6 Å². The minimum absolute atomic E-state index is 0.0701. The van der Waals surface area contributed by atoms with Gasteiger partial charge in [-0.1, -0.05) is 0 Å². The van der Waals surface area contributed by atoms with Gasteiger partial charge < -0.3 is 5.11 Å². The number of carboxylic acids is 1. The van der Waals surface area contributed by atoms with Crippen LogP contribution in [0.5, 0.6) is 0 Å². The van der Waals surface area contributed by atoms with E-state index < -0.39 is 18.1 Å². The Morgan fingerprint density at radius 3 is 2.74 bits per heavy atom. The number of rotatable bonds is 3. The second-order valence-corrected chi connectivity index (χ2v) is 5.17. The average Bonchev–Trinajstić information content (AvgIpc) is 2.39. The van der Waals surface area contributed by atoms with Gasteiger partial charge in [-0.25, -0.2) is 9.98 Å². The molecular formula is C12H15ClN4O2. The highest BCUT2D eigenvalue weighted by Gasteiger charge is 2.32. The van der Waals surface area contributed by atoms with Crippen LogP contribution in [0.2, 0.25) is 0 Å². The molecule has 0 bridgehead atoms. The third-order valence-electron chi connectivity index (χ3n) is 3.53. The van der Waals surface area contributed by atoms with Crippen molar-refractivity contribution in [2.75, 3.05) is 0 Å². The van der Waals surface area contributed by atoms with Crippen LogP contribution in [0.1, 0.15) is 25.7 Å². The Morgan fingerprint density at radius 2 is 2.16 bits per heavy atom. The highest BCUT2D eigenvalue weighted by Crippen LogP contribution is 2.25. The number of hydrogen-bond donors (Lipinski definition) is 2. The molecule has 0 aromatic rings. The number of halogens is 1. The number of hydrogen-bond acceptors (Lipinski definition) is 5. The fourth-order valence-electron chi connectivity index (χ4n) is 2.42. The lowest BCUT2D eigenvalue weighted by Gasteiger charge is -2.30. The van der Waals surface area contributed by atoms with Gasteiger partial charge in [0.1, 0.15) is 12.1 Å². The maximum Gasteiger partial charge on any atom is 0.315 e. The zero-order valence-corrected chi connectivity index (χ0v) is 11.0. The van der Waals surface area contributed by atoms with Gasteiger partial charge in [-0.05, 0) is 37.3 Å². The molecule has 1 saturated carbocycles. The fourth-order valence-corrected chi connectivity index (χ4v) is 2.58. The van der Waals surface area contributed by atoms with E-state index in [2.05, 4.69) is 21.4 Å². The van der Waals surface area contributed by atoms with Gasteiger partial charge in [0.05, 0.1) is 6.07 Å². The largest absolute Gasteiger partial charge is 0.481 e. The van der Waals surface area contributed by atoms with Gasteiger partial charge in [-0.2, -0.15) is 5.26 Å². The van der Waals surface area contributed by atoms with E-state index in [0.717, 1.165) is 25.7 Å². The summed E-state index contributed by atoms with van der Waals surface area (Å²) in [5.41, 5.74) is 0. The second kappa shape index (κ2) is 6.13. The molecule has 2 aliphatic rings. The maximum absolute atomic E-state index is 11.1. The Balaban J connectivity index is 1.96. The summed E-state index contributed by atoms with van der Waals surface area (Å²) in [5.74, 6) is -1.65. The van der Waals surface area contributed by atoms with Crippen molar-refractivity contribution in [1.82, 2.24) is 5.32 Å². The molecule has 2 N–H and O–H groups in total. The molecule has 7 heteroatoms. The third kappa shape index (κ3) is 3.52. The van der Waals surface area contributed by atoms with Crippen LogP contribution in [0, 0.1) is 23.2 Å². The molecular weight excluding hydrogens is 268 g/mol. The molecule has 1 aliphatic heterocycles. The first-order valence-electron chi connectivity index (χ1n) is 6.26. The summed E-state index contributed by atoms with van der Waals surface area (Å²) in [5, 5.41) is 21.2. The zero-order chi connectivity index (χ0) is 13.8. The van der Waals surface area contributed by atoms with E-state index in [0.29, 0.717) is 0 Å². The average molecular weight is 283 g/mol. The van der Waals surface area contributed by atoms with Crippen molar-refractivity contribution in [3.8, 4) is 6.07 Å². The van der Waals surface area contributed by atoms with Crippen molar-refractivity contribution in [3.05, 3.63) is 0 Å². The molecule has 1 fully saturated rings. The monoisotopic (exact) mass is 282 g/mol. The molecule has 102 valence electrons. The molecule has 0 amide bonds. The lowest BCUT2D eigenvalue weighted by molar-refractivity contribution is -0.140. The Kier molecular flexibility index (Phi) is 4.51. The van der Waals surface area contributed by atoms with Gasteiger partial charge in [-0.15, -0.1) is 0 Å². The lowest BCUT2D eigenvalue weighted by Crippen LogP contribution is -2.47. The number of aliphatic carboxylic acids is 1. The number of nitriles is 1.